The molecule has 1 aromatic carbocycles. The predicted molar refractivity (Wildman–Crippen MR) is 87.6 cm³/mol. The van der Waals surface area contributed by atoms with Gasteiger partial charge >= 0.3 is 0 Å². The van der Waals surface area contributed by atoms with Crippen LogP contribution in [0.2, 0.25) is 0 Å². The van der Waals surface area contributed by atoms with Gasteiger partial charge in [-0.05, 0) is 31.4 Å². The van der Waals surface area contributed by atoms with Crippen molar-refractivity contribution in [3.8, 4) is 0 Å². The van der Waals surface area contributed by atoms with E-state index in [1.165, 1.54) is 25.7 Å². The minimum absolute atomic E-state index is 0.0789. The molecule has 1 saturated carbocycles. The average molecular weight is 302 g/mol. The van der Waals surface area contributed by atoms with E-state index in [4.69, 9.17) is 0 Å². The first kappa shape index (κ1) is 16.5. The predicted octanol–water partition coefficient (Wildman–Crippen LogP) is 3.04. The third kappa shape index (κ3) is 5.88. The molecule has 4 heteroatoms. The Kier molecular flexibility index (Phi) is 6.94. The van der Waals surface area contributed by atoms with Gasteiger partial charge in [0.2, 0.25) is 5.91 Å². The molecule has 2 rings (SSSR count). The summed E-state index contributed by atoms with van der Waals surface area (Å²) in [7, 11) is 0. The summed E-state index contributed by atoms with van der Waals surface area (Å²) in [5.41, 5.74) is 0.658. The molecule has 1 aliphatic carbocycles. The van der Waals surface area contributed by atoms with E-state index in [0.717, 1.165) is 12.8 Å². The molecule has 0 saturated heterocycles. The molecule has 0 aromatic heterocycles. The third-order valence-corrected chi connectivity index (χ3v) is 4.12. The fraction of sp³-hybridized carbons (Fsp3) is 0.556. The van der Waals surface area contributed by atoms with Crippen LogP contribution in [0.3, 0.4) is 0 Å². The Hall–Kier alpha value is -1.84. The largest absolute Gasteiger partial charge is 0.353 e. The first-order chi connectivity index (χ1) is 10.8. The summed E-state index contributed by atoms with van der Waals surface area (Å²) in [6.45, 7) is 0.534. The Bertz CT molecular complexity index is 465. The van der Waals surface area contributed by atoms with Gasteiger partial charge in [0.15, 0.2) is 0 Å². The van der Waals surface area contributed by atoms with Gasteiger partial charge < -0.3 is 10.6 Å². The zero-order chi connectivity index (χ0) is 15.6. The van der Waals surface area contributed by atoms with Crippen LogP contribution in [0.4, 0.5) is 0 Å². The summed E-state index contributed by atoms with van der Waals surface area (Å²) in [4.78, 5) is 23.7. The molecular formula is C18H26N2O2. The highest BCUT2D eigenvalue weighted by molar-refractivity contribution is 5.94. The van der Waals surface area contributed by atoms with Crippen LogP contribution in [0.1, 0.15) is 61.7 Å². The number of carbonyl (C=O) groups excluding carboxylic acids is 2. The van der Waals surface area contributed by atoms with E-state index in [-0.39, 0.29) is 11.8 Å². The van der Waals surface area contributed by atoms with Crippen LogP contribution < -0.4 is 10.6 Å². The fourth-order valence-corrected chi connectivity index (χ4v) is 2.87. The maximum absolute atomic E-state index is 11.9. The highest BCUT2D eigenvalue weighted by atomic mass is 16.2. The maximum atomic E-state index is 11.9. The second kappa shape index (κ2) is 9.23. The molecular weight excluding hydrogens is 276 g/mol. The van der Waals surface area contributed by atoms with Gasteiger partial charge in [0, 0.05) is 24.6 Å². The van der Waals surface area contributed by atoms with Gasteiger partial charge in [-0.1, -0.05) is 43.9 Å². The van der Waals surface area contributed by atoms with Crippen molar-refractivity contribution < 1.29 is 9.59 Å². The number of hydrogen-bond acceptors (Lipinski definition) is 2. The van der Waals surface area contributed by atoms with Gasteiger partial charge in [0.05, 0.1) is 0 Å². The first-order valence-electron chi connectivity index (χ1n) is 8.38. The molecule has 0 radical (unpaired) electrons. The third-order valence-electron chi connectivity index (χ3n) is 4.12. The van der Waals surface area contributed by atoms with Crippen LogP contribution in [-0.4, -0.2) is 24.4 Å². The van der Waals surface area contributed by atoms with Crippen LogP contribution in [0, 0.1) is 0 Å². The van der Waals surface area contributed by atoms with Crippen molar-refractivity contribution in [2.75, 3.05) is 6.54 Å². The van der Waals surface area contributed by atoms with Crippen molar-refractivity contribution in [1.29, 1.82) is 0 Å². The monoisotopic (exact) mass is 302 g/mol. The van der Waals surface area contributed by atoms with Crippen molar-refractivity contribution in [2.24, 2.45) is 0 Å². The number of amides is 2. The maximum Gasteiger partial charge on any atom is 0.251 e. The van der Waals surface area contributed by atoms with E-state index in [2.05, 4.69) is 10.6 Å². The summed E-state index contributed by atoms with van der Waals surface area (Å²) < 4.78 is 0. The van der Waals surface area contributed by atoms with Crippen molar-refractivity contribution >= 4 is 11.8 Å². The minimum atomic E-state index is -0.0789. The van der Waals surface area contributed by atoms with Crippen molar-refractivity contribution in [1.82, 2.24) is 10.6 Å². The van der Waals surface area contributed by atoms with Gasteiger partial charge in [-0.2, -0.15) is 0 Å². The van der Waals surface area contributed by atoms with Gasteiger partial charge in [-0.3, -0.25) is 9.59 Å². The van der Waals surface area contributed by atoms with E-state index in [9.17, 15) is 9.59 Å². The SMILES string of the molecule is O=C(CCCNC(=O)c1ccccc1)NC1CCCCCC1. The number of benzene rings is 1. The minimum Gasteiger partial charge on any atom is -0.353 e. The fourth-order valence-electron chi connectivity index (χ4n) is 2.87. The average Bonchev–Trinajstić information content (AvgIpc) is 2.81. The molecule has 0 spiro atoms. The number of carbonyl (C=O) groups is 2. The molecule has 1 aromatic rings. The van der Waals surface area contributed by atoms with Crippen molar-refractivity contribution in [3.63, 3.8) is 0 Å². The Morgan fingerprint density at radius 2 is 1.68 bits per heavy atom. The topological polar surface area (TPSA) is 58.2 Å². The van der Waals surface area contributed by atoms with Gasteiger partial charge in [0.1, 0.15) is 0 Å². The lowest BCUT2D eigenvalue weighted by atomic mass is 10.1. The molecule has 2 N–H and O–H groups in total. The summed E-state index contributed by atoms with van der Waals surface area (Å²) in [5.74, 6) is 0.0330. The second-order valence-electron chi connectivity index (χ2n) is 5.98. The molecule has 0 unspecified atom stereocenters. The Morgan fingerprint density at radius 3 is 2.36 bits per heavy atom. The molecule has 1 aliphatic rings. The smallest absolute Gasteiger partial charge is 0.251 e. The molecule has 120 valence electrons. The normalized spacial score (nSPS) is 15.8. The summed E-state index contributed by atoms with van der Waals surface area (Å²) in [6.07, 6.45) is 8.39. The molecule has 0 bridgehead atoms. The Labute approximate surface area is 132 Å². The zero-order valence-electron chi connectivity index (χ0n) is 13.1. The summed E-state index contributed by atoms with van der Waals surface area (Å²) in [6, 6.07) is 9.50. The molecule has 0 aliphatic heterocycles. The molecule has 2 amide bonds. The highest BCUT2D eigenvalue weighted by Gasteiger charge is 2.14. The van der Waals surface area contributed by atoms with Crippen LogP contribution in [0.15, 0.2) is 30.3 Å². The molecule has 1 fully saturated rings. The highest BCUT2D eigenvalue weighted by Crippen LogP contribution is 2.17. The van der Waals surface area contributed by atoms with Crippen LogP contribution in [-0.2, 0) is 4.79 Å². The van der Waals surface area contributed by atoms with Crippen LogP contribution in [0.25, 0.3) is 0 Å². The first-order valence-corrected chi connectivity index (χ1v) is 8.38. The van der Waals surface area contributed by atoms with E-state index >= 15 is 0 Å². The van der Waals surface area contributed by atoms with Gasteiger partial charge in [-0.25, -0.2) is 0 Å². The number of hydrogen-bond donors (Lipinski definition) is 2. The molecule has 0 atom stereocenters. The number of nitrogens with one attached hydrogen (secondary N) is 2. The zero-order valence-corrected chi connectivity index (χ0v) is 13.1. The quantitative estimate of drug-likeness (QED) is 0.627. The standard InChI is InChI=1S/C18H26N2O2/c21-17(20-16-11-6-1-2-7-12-16)13-8-14-19-18(22)15-9-4-3-5-10-15/h3-5,9-10,16H,1-2,6-8,11-14H2,(H,19,22)(H,20,21). The van der Waals surface area contributed by atoms with E-state index in [1.807, 2.05) is 18.2 Å². The lowest BCUT2D eigenvalue weighted by Crippen LogP contribution is -2.35. The second-order valence-corrected chi connectivity index (χ2v) is 5.98. The van der Waals surface area contributed by atoms with Gasteiger partial charge in [0.25, 0.3) is 5.91 Å². The molecule has 22 heavy (non-hydrogen) atoms. The van der Waals surface area contributed by atoms with Gasteiger partial charge in [-0.15, -0.1) is 0 Å². The number of rotatable bonds is 6. The van der Waals surface area contributed by atoms with Crippen LogP contribution in [0.5, 0.6) is 0 Å². The summed E-state index contributed by atoms with van der Waals surface area (Å²) >= 11 is 0. The Morgan fingerprint density at radius 1 is 1.00 bits per heavy atom. The van der Waals surface area contributed by atoms with E-state index in [1.54, 1.807) is 12.1 Å². The van der Waals surface area contributed by atoms with Crippen molar-refractivity contribution in [3.05, 3.63) is 35.9 Å². The lowest BCUT2D eigenvalue weighted by Gasteiger charge is -2.16. The van der Waals surface area contributed by atoms with Crippen molar-refractivity contribution in [2.45, 2.75) is 57.4 Å². The molecule has 0 heterocycles. The Balaban J connectivity index is 1.59. The lowest BCUT2D eigenvalue weighted by molar-refractivity contribution is -0.121. The summed E-state index contributed by atoms with van der Waals surface area (Å²) in [5, 5.41) is 5.98. The van der Waals surface area contributed by atoms with E-state index < -0.39 is 0 Å². The molecule has 4 nitrogen and oxygen atoms in total. The van der Waals surface area contributed by atoms with Crippen LogP contribution >= 0.6 is 0 Å². The van der Waals surface area contributed by atoms with E-state index in [0.29, 0.717) is 31.0 Å².